The first-order valence-electron chi connectivity index (χ1n) is 7.92. The molecule has 0 fully saturated rings. The van der Waals surface area contributed by atoms with Gasteiger partial charge in [0.2, 0.25) is 15.9 Å². The van der Waals surface area contributed by atoms with Crippen LogP contribution in [0.2, 0.25) is 5.02 Å². The molecule has 0 unspecified atom stereocenters. The minimum Gasteiger partial charge on any atom is -0.352 e. The number of amides is 1. The molecule has 1 N–H and O–H groups in total. The number of hydrogen-bond donors (Lipinski definition) is 1. The molecule has 0 saturated heterocycles. The molecule has 140 valence electrons. The first-order chi connectivity index (χ1) is 12.2. The van der Waals surface area contributed by atoms with Crippen molar-refractivity contribution in [2.75, 3.05) is 17.1 Å². The number of hydrogen-bond acceptors (Lipinski definition) is 3. The SMILES string of the molecule is Cc1ccc(Cl)cc1N(CCC(=O)NCc1ccc(F)cc1)S(C)(=O)=O. The first kappa shape index (κ1) is 20.2. The molecule has 0 heterocycles. The van der Waals surface area contributed by atoms with E-state index in [0.29, 0.717) is 10.7 Å². The van der Waals surface area contributed by atoms with Crippen LogP contribution >= 0.6 is 11.6 Å². The van der Waals surface area contributed by atoms with Crippen LogP contribution in [0.25, 0.3) is 0 Å². The van der Waals surface area contributed by atoms with E-state index in [9.17, 15) is 17.6 Å². The van der Waals surface area contributed by atoms with Crippen LogP contribution in [0, 0.1) is 12.7 Å². The highest BCUT2D eigenvalue weighted by Gasteiger charge is 2.20. The van der Waals surface area contributed by atoms with E-state index in [0.717, 1.165) is 17.4 Å². The summed E-state index contributed by atoms with van der Waals surface area (Å²) < 4.78 is 38.3. The number of sulfonamides is 1. The third-order valence-electron chi connectivity index (χ3n) is 3.79. The summed E-state index contributed by atoms with van der Waals surface area (Å²) in [5.74, 6) is -0.650. The third kappa shape index (κ3) is 5.71. The largest absolute Gasteiger partial charge is 0.352 e. The van der Waals surface area contributed by atoms with E-state index < -0.39 is 10.0 Å². The van der Waals surface area contributed by atoms with Crippen LogP contribution in [0.3, 0.4) is 0 Å². The number of carbonyl (C=O) groups excluding carboxylic acids is 1. The molecule has 0 spiro atoms. The molecule has 0 saturated carbocycles. The van der Waals surface area contributed by atoms with E-state index in [1.165, 1.54) is 16.4 Å². The highest BCUT2D eigenvalue weighted by Crippen LogP contribution is 2.26. The van der Waals surface area contributed by atoms with Gasteiger partial charge in [0.1, 0.15) is 5.82 Å². The Balaban J connectivity index is 2.02. The zero-order chi connectivity index (χ0) is 19.3. The maximum absolute atomic E-state index is 12.9. The van der Waals surface area contributed by atoms with Gasteiger partial charge in [0.05, 0.1) is 11.9 Å². The summed E-state index contributed by atoms with van der Waals surface area (Å²) in [5, 5.41) is 3.11. The van der Waals surface area contributed by atoms with Crippen LogP contribution in [0.1, 0.15) is 17.5 Å². The molecule has 0 aliphatic rings. The van der Waals surface area contributed by atoms with E-state index in [1.807, 2.05) is 0 Å². The second-order valence-corrected chi connectivity index (χ2v) is 8.26. The van der Waals surface area contributed by atoms with Crippen molar-refractivity contribution >= 4 is 33.2 Å². The quantitative estimate of drug-likeness (QED) is 0.778. The van der Waals surface area contributed by atoms with E-state index >= 15 is 0 Å². The summed E-state index contributed by atoms with van der Waals surface area (Å²) in [6, 6.07) is 10.8. The van der Waals surface area contributed by atoms with Crippen LogP contribution in [-0.4, -0.2) is 27.1 Å². The van der Waals surface area contributed by atoms with Gasteiger partial charge in [-0.25, -0.2) is 12.8 Å². The van der Waals surface area contributed by atoms with Crippen molar-refractivity contribution in [1.29, 1.82) is 0 Å². The summed E-state index contributed by atoms with van der Waals surface area (Å²) in [4.78, 5) is 12.1. The Labute approximate surface area is 157 Å². The molecule has 0 bridgehead atoms. The van der Waals surface area contributed by atoms with E-state index in [2.05, 4.69) is 5.32 Å². The van der Waals surface area contributed by atoms with Crippen molar-refractivity contribution in [3.8, 4) is 0 Å². The molecular weight excluding hydrogens is 379 g/mol. The lowest BCUT2D eigenvalue weighted by molar-refractivity contribution is -0.121. The van der Waals surface area contributed by atoms with Gasteiger partial charge < -0.3 is 5.32 Å². The van der Waals surface area contributed by atoms with Gasteiger partial charge in [0, 0.05) is 24.5 Å². The van der Waals surface area contributed by atoms with E-state index in [-0.39, 0.29) is 31.2 Å². The Kier molecular flexibility index (Phi) is 6.61. The van der Waals surface area contributed by atoms with Crippen molar-refractivity contribution in [3.05, 3.63) is 64.4 Å². The number of carbonyl (C=O) groups is 1. The van der Waals surface area contributed by atoms with Crippen LogP contribution in [0.4, 0.5) is 10.1 Å². The number of benzene rings is 2. The average Bonchev–Trinajstić information content (AvgIpc) is 2.56. The topological polar surface area (TPSA) is 66.5 Å². The zero-order valence-electron chi connectivity index (χ0n) is 14.5. The Bertz CT molecular complexity index is 886. The monoisotopic (exact) mass is 398 g/mol. The summed E-state index contributed by atoms with van der Waals surface area (Å²) in [7, 11) is -3.57. The summed E-state index contributed by atoms with van der Waals surface area (Å²) in [5.41, 5.74) is 1.95. The molecule has 2 aromatic carbocycles. The van der Waals surface area contributed by atoms with Crippen molar-refractivity contribution in [2.24, 2.45) is 0 Å². The van der Waals surface area contributed by atoms with Crippen molar-refractivity contribution in [1.82, 2.24) is 5.32 Å². The number of rotatable bonds is 7. The van der Waals surface area contributed by atoms with Gasteiger partial charge >= 0.3 is 0 Å². The van der Waals surface area contributed by atoms with E-state index in [4.69, 9.17) is 11.6 Å². The van der Waals surface area contributed by atoms with E-state index in [1.54, 1.807) is 37.3 Å². The Morgan fingerprint density at radius 2 is 1.85 bits per heavy atom. The van der Waals surface area contributed by atoms with Crippen molar-refractivity contribution in [2.45, 2.75) is 19.9 Å². The predicted octanol–water partition coefficient (Wildman–Crippen LogP) is 3.26. The summed E-state index contributed by atoms with van der Waals surface area (Å²) >= 11 is 5.97. The molecule has 5 nitrogen and oxygen atoms in total. The molecule has 0 radical (unpaired) electrons. The van der Waals surface area contributed by atoms with Gasteiger partial charge in [-0.2, -0.15) is 0 Å². The van der Waals surface area contributed by atoms with Gasteiger partial charge in [-0.05, 0) is 42.3 Å². The highest BCUT2D eigenvalue weighted by atomic mass is 35.5. The third-order valence-corrected chi connectivity index (χ3v) is 5.20. The molecule has 0 aliphatic heterocycles. The number of halogens is 2. The van der Waals surface area contributed by atoms with Crippen molar-refractivity contribution in [3.63, 3.8) is 0 Å². The molecule has 0 aromatic heterocycles. The molecule has 2 aromatic rings. The molecule has 0 aliphatic carbocycles. The molecule has 26 heavy (non-hydrogen) atoms. The minimum absolute atomic E-state index is 0.00470. The summed E-state index contributed by atoms with van der Waals surface area (Å²) in [6.07, 6.45) is 1.07. The van der Waals surface area contributed by atoms with Crippen LogP contribution < -0.4 is 9.62 Å². The fourth-order valence-corrected chi connectivity index (χ4v) is 3.55. The Hall–Kier alpha value is -2.12. The summed E-state index contributed by atoms with van der Waals surface area (Å²) in [6.45, 7) is 2.02. The van der Waals surface area contributed by atoms with Gasteiger partial charge in [0.15, 0.2) is 0 Å². The fourth-order valence-electron chi connectivity index (χ4n) is 2.41. The normalized spacial score (nSPS) is 11.2. The highest BCUT2D eigenvalue weighted by molar-refractivity contribution is 7.92. The first-order valence-corrected chi connectivity index (χ1v) is 10.1. The maximum Gasteiger partial charge on any atom is 0.232 e. The predicted molar refractivity (Wildman–Crippen MR) is 101 cm³/mol. The lowest BCUT2D eigenvalue weighted by Crippen LogP contribution is -2.35. The number of aryl methyl sites for hydroxylation is 1. The van der Waals surface area contributed by atoms with Gasteiger partial charge in [-0.3, -0.25) is 9.10 Å². The second kappa shape index (κ2) is 8.51. The molecule has 1 amide bonds. The smallest absolute Gasteiger partial charge is 0.232 e. The minimum atomic E-state index is -3.57. The van der Waals surface area contributed by atoms with Crippen LogP contribution in [-0.2, 0) is 21.4 Å². The number of anilines is 1. The Morgan fingerprint density at radius 1 is 1.19 bits per heavy atom. The maximum atomic E-state index is 12.9. The van der Waals surface area contributed by atoms with Crippen LogP contribution in [0.5, 0.6) is 0 Å². The second-order valence-electron chi connectivity index (χ2n) is 5.92. The Morgan fingerprint density at radius 3 is 2.46 bits per heavy atom. The molecule has 2 rings (SSSR count). The zero-order valence-corrected chi connectivity index (χ0v) is 16.1. The molecular formula is C18H20ClFN2O3S. The lowest BCUT2D eigenvalue weighted by Gasteiger charge is -2.24. The average molecular weight is 399 g/mol. The van der Waals surface area contributed by atoms with Gasteiger partial charge in [-0.15, -0.1) is 0 Å². The standard InChI is InChI=1S/C18H20ClFN2O3S/c1-13-3-6-15(19)11-17(13)22(26(2,24)25)10-9-18(23)21-12-14-4-7-16(20)8-5-14/h3-8,11H,9-10,12H2,1-2H3,(H,21,23). The molecule has 8 heteroatoms. The van der Waals surface area contributed by atoms with Crippen LogP contribution in [0.15, 0.2) is 42.5 Å². The molecule has 0 atom stereocenters. The van der Waals surface area contributed by atoms with Gasteiger partial charge in [-0.1, -0.05) is 29.8 Å². The lowest BCUT2D eigenvalue weighted by atomic mass is 10.2. The number of nitrogens with one attached hydrogen (secondary N) is 1. The van der Waals surface area contributed by atoms with Gasteiger partial charge in [0.25, 0.3) is 0 Å². The van der Waals surface area contributed by atoms with Crippen molar-refractivity contribution < 1.29 is 17.6 Å². The number of nitrogens with zero attached hydrogens (tertiary/aromatic N) is 1. The fraction of sp³-hybridized carbons (Fsp3) is 0.278.